The van der Waals surface area contributed by atoms with Crippen molar-refractivity contribution < 1.29 is 9.90 Å². The van der Waals surface area contributed by atoms with Gasteiger partial charge in [0.25, 0.3) is 0 Å². The van der Waals surface area contributed by atoms with Crippen LogP contribution < -0.4 is 0 Å². The zero-order valence-electron chi connectivity index (χ0n) is 7.92. The quantitative estimate of drug-likeness (QED) is 0.706. The molecule has 1 aliphatic rings. The van der Waals surface area contributed by atoms with Gasteiger partial charge in [0.2, 0.25) is 0 Å². The second kappa shape index (κ2) is 3.92. The summed E-state index contributed by atoms with van der Waals surface area (Å²) in [6, 6.07) is 0. The van der Waals surface area contributed by atoms with Gasteiger partial charge in [-0.05, 0) is 30.6 Å². The Hall–Kier alpha value is -0.530. The summed E-state index contributed by atoms with van der Waals surface area (Å²) in [5.74, 6) is 1.12. The highest BCUT2D eigenvalue weighted by atomic mass is 16.4. The molecule has 0 aliphatic heterocycles. The lowest BCUT2D eigenvalue weighted by Gasteiger charge is -2.21. The van der Waals surface area contributed by atoms with E-state index >= 15 is 0 Å². The Labute approximate surface area is 74.0 Å². The van der Waals surface area contributed by atoms with E-state index in [9.17, 15) is 4.79 Å². The van der Waals surface area contributed by atoms with E-state index in [0.717, 1.165) is 6.42 Å². The Morgan fingerprint density at radius 2 is 2.17 bits per heavy atom. The zero-order valence-corrected chi connectivity index (χ0v) is 7.92. The van der Waals surface area contributed by atoms with Crippen LogP contribution in [0.4, 0.5) is 0 Å². The van der Waals surface area contributed by atoms with Crippen LogP contribution in [0.2, 0.25) is 0 Å². The summed E-state index contributed by atoms with van der Waals surface area (Å²) in [5, 5.41) is 8.67. The molecule has 2 unspecified atom stereocenters. The van der Waals surface area contributed by atoms with Gasteiger partial charge >= 0.3 is 5.97 Å². The van der Waals surface area contributed by atoms with Gasteiger partial charge in [-0.1, -0.05) is 20.3 Å². The molecule has 0 heterocycles. The lowest BCUT2D eigenvalue weighted by atomic mass is 9.84. The Balaban J connectivity index is 2.46. The van der Waals surface area contributed by atoms with Crippen LogP contribution >= 0.6 is 0 Å². The molecule has 12 heavy (non-hydrogen) atoms. The van der Waals surface area contributed by atoms with Crippen LogP contribution in [0.5, 0.6) is 0 Å². The average molecular weight is 170 g/mol. The van der Waals surface area contributed by atoms with Gasteiger partial charge in [0, 0.05) is 6.42 Å². The maximum Gasteiger partial charge on any atom is 0.303 e. The first-order valence-electron chi connectivity index (χ1n) is 4.83. The van der Waals surface area contributed by atoms with E-state index < -0.39 is 5.97 Å². The molecular formula is C10H18O2. The van der Waals surface area contributed by atoms with Crippen LogP contribution in [-0.2, 0) is 4.79 Å². The van der Waals surface area contributed by atoms with Gasteiger partial charge in [-0.2, -0.15) is 0 Å². The molecule has 1 fully saturated rings. The topological polar surface area (TPSA) is 37.3 Å². The molecule has 1 rings (SSSR count). The van der Waals surface area contributed by atoms with Crippen LogP contribution in [0.15, 0.2) is 0 Å². The first-order valence-corrected chi connectivity index (χ1v) is 4.83. The summed E-state index contributed by atoms with van der Waals surface area (Å²) in [4.78, 5) is 10.5. The molecule has 0 aromatic carbocycles. The number of hydrogen-bond donors (Lipinski definition) is 1. The fourth-order valence-corrected chi connectivity index (χ4v) is 2.42. The lowest BCUT2D eigenvalue weighted by Crippen LogP contribution is -2.17. The maximum atomic E-state index is 10.5. The number of carbonyl (C=O) groups is 1. The molecule has 0 amide bonds. The number of rotatable bonds is 3. The number of hydrogen-bond acceptors (Lipinski definition) is 1. The minimum atomic E-state index is -0.632. The van der Waals surface area contributed by atoms with Gasteiger partial charge in [-0.15, -0.1) is 0 Å². The fourth-order valence-electron chi connectivity index (χ4n) is 2.42. The SMILES string of the molecule is CC(C)C1CCCC1CC(=O)O. The van der Waals surface area contributed by atoms with Crippen molar-refractivity contribution >= 4 is 5.97 Å². The maximum absolute atomic E-state index is 10.5. The highest BCUT2D eigenvalue weighted by molar-refractivity contribution is 5.67. The molecule has 2 nitrogen and oxygen atoms in total. The van der Waals surface area contributed by atoms with E-state index in [2.05, 4.69) is 13.8 Å². The summed E-state index contributed by atoms with van der Waals surface area (Å²) in [6.07, 6.45) is 3.95. The molecule has 0 spiro atoms. The van der Waals surface area contributed by atoms with Gasteiger partial charge in [-0.3, -0.25) is 4.79 Å². The third kappa shape index (κ3) is 2.23. The van der Waals surface area contributed by atoms with E-state index in [-0.39, 0.29) is 0 Å². The van der Waals surface area contributed by atoms with Crippen LogP contribution in [-0.4, -0.2) is 11.1 Å². The van der Waals surface area contributed by atoms with Gasteiger partial charge in [0.15, 0.2) is 0 Å². The predicted molar refractivity (Wildman–Crippen MR) is 47.9 cm³/mol. The molecule has 0 aromatic rings. The molecular weight excluding hydrogens is 152 g/mol. The van der Waals surface area contributed by atoms with Gasteiger partial charge < -0.3 is 5.11 Å². The smallest absolute Gasteiger partial charge is 0.303 e. The summed E-state index contributed by atoms with van der Waals surface area (Å²) >= 11 is 0. The fraction of sp³-hybridized carbons (Fsp3) is 0.900. The number of carboxylic acid groups (broad SMARTS) is 1. The Bertz CT molecular complexity index is 163. The Morgan fingerprint density at radius 3 is 2.67 bits per heavy atom. The van der Waals surface area contributed by atoms with Crippen molar-refractivity contribution in [3.63, 3.8) is 0 Å². The second-order valence-electron chi connectivity index (χ2n) is 4.20. The molecule has 70 valence electrons. The highest BCUT2D eigenvalue weighted by Gasteiger charge is 2.30. The zero-order chi connectivity index (χ0) is 9.14. The number of carboxylic acids is 1. The number of aliphatic carboxylic acids is 1. The van der Waals surface area contributed by atoms with Crippen molar-refractivity contribution in [2.75, 3.05) is 0 Å². The van der Waals surface area contributed by atoms with Crippen LogP contribution in [0.25, 0.3) is 0 Å². The lowest BCUT2D eigenvalue weighted by molar-refractivity contribution is -0.138. The van der Waals surface area contributed by atoms with Crippen LogP contribution in [0, 0.1) is 17.8 Å². The third-order valence-corrected chi connectivity index (χ3v) is 3.01. The predicted octanol–water partition coefficient (Wildman–Crippen LogP) is 2.53. The van der Waals surface area contributed by atoms with E-state index in [0.29, 0.717) is 24.2 Å². The average Bonchev–Trinajstić information content (AvgIpc) is 2.33. The molecule has 0 radical (unpaired) electrons. The molecule has 0 bridgehead atoms. The minimum absolute atomic E-state index is 0.378. The van der Waals surface area contributed by atoms with Crippen molar-refractivity contribution in [1.82, 2.24) is 0 Å². The van der Waals surface area contributed by atoms with Gasteiger partial charge in [0.1, 0.15) is 0 Å². The summed E-state index contributed by atoms with van der Waals surface area (Å²) in [5.41, 5.74) is 0. The molecule has 1 saturated carbocycles. The summed E-state index contributed by atoms with van der Waals surface area (Å²) in [6.45, 7) is 4.40. The molecule has 0 aromatic heterocycles. The van der Waals surface area contributed by atoms with Crippen LogP contribution in [0.3, 0.4) is 0 Å². The van der Waals surface area contributed by atoms with Crippen molar-refractivity contribution in [2.45, 2.75) is 39.5 Å². The highest BCUT2D eigenvalue weighted by Crippen LogP contribution is 2.38. The largest absolute Gasteiger partial charge is 0.481 e. The van der Waals surface area contributed by atoms with Crippen molar-refractivity contribution in [3.8, 4) is 0 Å². The van der Waals surface area contributed by atoms with E-state index in [4.69, 9.17) is 5.11 Å². The third-order valence-electron chi connectivity index (χ3n) is 3.01. The molecule has 1 aliphatic carbocycles. The normalized spacial score (nSPS) is 29.6. The first kappa shape index (κ1) is 9.56. The molecule has 2 heteroatoms. The van der Waals surface area contributed by atoms with E-state index in [1.807, 2.05) is 0 Å². The van der Waals surface area contributed by atoms with E-state index in [1.54, 1.807) is 0 Å². The van der Waals surface area contributed by atoms with Crippen molar-refractivity contribution in [2.24, 2.45) is 17.8 Å². The molecule has 0 saturated heterocycles. The standard InChI is InChI=1S/C10H18O2/c1-7(2)9-5-3-4-8(9)6-10(11)12/h7-9H,3-6H2,1-2H3,(H,11,12). The second-order valence-corrected chi connectivity index (χ2v) is 4.20. The molecule has 2 atom stereocenters. The summed E-state index contributed by atoms with van der Waals surface area (Å²) < 4.78 is 0. The Morgan fingerprint density at radius 1 is 1.50 bits per heavy atom. The Kier molecular flexibility index (Phi) is 3.12. The first-order chi connectivity index (χ1) is 5.61. The van der Waals surface area contributed by atoms with Crippen LogP contribution in [0.1, 0.15) is 39.5 Å². The minimum Gasteiger partial charge on any atom is -0.481 e. The van der Waals surface area contributed by atoms with Gasteiger partial charge in [0.05, 0.1) is 0 Å². The van der Waals surface area contributed by atoms with Crippen molar-refractivity contribution in [3.05, 3.63) is 0 Å². The van der Waals surface area contributed by atoms with E-state index in [1.165, 1.54) is 12.8 Å². The summed E-state index contributed by atoms with van der Waals surface area (Å²) in [7, 11) is 0. The van der Waals surface area contributed by atoms with Gasteiger partial charge in [-0.25, -0.2) is 0 Å². The molecule has 1 N–H and O–H groups in total. The van der Waals surface area contributed by atoms with Crippen molar-refractivity contribution in [1.29, 1.82) is 0 Å². The monoisotopic (exact) mass is 170 g/mol.